The molecule has 0 radical (unpaired) electrons. The van der Waals surface area contributed by atoms with Gasteiger partial charge < -0.3 is 19.5 Å². The second kappa shape index (κ2) is 4.39. The molecular weight excluding hydrogens is 281 g/mol. The minimum atomic E-state index is -4.84. The van der Waals surface area contributed by atoms with Crippen LogP contribution in [-0.4, -0.2) is 52.2 Å². The maximum atomic E-state index is 12.9. The first-order valence-corrected chi connectivity index (χ1v) is 5.49. The minimum absolute atomic E-state index is 0.0766. The van der Waals surface area contributed by atoms with Crippen LogP contribution in [0.1, 0.15) is 16.3 Å². The Morgan fingerprint density at radius 3 is 2.45 bits per heavy atom. The lowest BCUT2D eigenvalue weighted by molar-refractivity contribution is -0.149. The van der Waals surface area contributed by atoms with Crippen molar-refractivity contribution in [2.24, 2.45) is 0 Å². The number of alkyl halides is 3. The van der Waals surface area contributed by atoms with Crippen molar-refractivity contribution >= 4 is 17.7 Å². The minimum Gasteiger partial charge on any atom is -0.480 e. The number of hydrogen-bond acceptors (Lipinski definition) is 4. The molecule has 1 N–H and O–H groups in total. The Hall–Kier alpha value is -2.26. The topological polar surface area (TPSA) is 78.7 Å². The zero-order valence-corrected chi connectivity index (χ0v) is 10.6. The van der Waals surface area contributed by atoms with Gasteiger partial charge in [-0.3, -0.25) is 9.59 Å². The van der Waals surface area contributed by atoms with E-state index in [2.05, 4.69) is 4.98 Å². The van der Waals surface area contributed by atoms with Gasteiger partial charge in [0.25, 0.3) is 5.91 Å². The SMILES string of the molecule is CN1CN(C)c2nc(C(F)(F)F)n(CC(=O)O)c2C1=O. The summed E-state index contributed by atoms with van der Waals surface area (Å²) in [6, 6.07) is 0. The van der Waals surface area contributed by atoms with Crippen molar-refractivity contribution in [1.82, 2.24) is 14.5 Å². The van der Waals surface area contributed by atoms with Gasteiger partial charge in [0.05, 0.1) is 6.67 Å². The number of imidazole rings is 1. The summed E-state index contributed by atoms with van der Waals surface area (Å²) in [7, 11) is 2.88. The van der Waals surface area contributed by atoms with E-state index in [0.29, 0.717) is 4.57 Å². The number of aromatic nitrogens is 2. The Morgan fingerprint density at radius 1 is 1.35 bits per heavy atom. The molecule has 1 aromatic rings. The van der Waals surface area contributed by atoms with Crippen molar-refractivity contribution in [2.45, 2.75) is 12.7 Å². The molecule has 0 saturated carbocycles. The highest BCUT2D eigenvalue weighted by Gasteiger charge is 2.43. The molecular formula is C10H11F3N4O3. The summed E-state index contributed by atoms with van der Waals surface area (Å²) in [5.74, 6) is -3.73. The smallest absolute Gasteiger partial charge is 0.449 e. The second-order valence-electron chi connectivity index (χ2n) is 4.43. The highest BCUT2D eigenvalue weighted by molar-refractivity contribution is 5.99. The van der Waals surface area contributed by atoms with Crippen LogP contribution in [0, 0.1) is 0 Å². The van der Waals surface area contributed by atoms with E-state index in [1.807, 2.05) is 0 Å². The Morgan fingerprint density at radius 2 is 1.95 bits per heavy atom. The third kappa shape index (κ3) is 2.17. The van der Waals surface area contributed by atoms with Crippen molar-refractivity contribution in [3.8, 4) is 0 Å². The molecule has 1 aliphatic rings. The van der Waals surface area contributed by atoms with Crippen LogP contribution in [0.5, 0.6) is 0 Å². The highest BCUT2D eigenvalue weighted by atomic mass is 19.4. The maximum absolute atomic E-state index is 12.9. The number of carbonyl (C=O) groups excluding carboxylic acids is 1. The largest absolute Gasteiger partial charge is 0.480 e. The summed E-state index contributed by atoms with van der Waals surface area (Å²) in [6.45, 7) is -0.905. The number of carbonyl (C=O) groups is 2. The number of nitrogens with zero attached hydrogens (tertiary/aromatic N) is 4. The van der Waals surface area contributed by atoms with Gasteiger partial charge in [0.2, 0.25) is 5.82 Å². The van der Waals surface area contributed by atoms with Gasteiger partial charge in [-0.2, -0.15) is 13.2 Å². The van der Waals surface area contributed by atoms with Gasteiger partial charge in [-0.15, -0.1) is 0 Å². The number of amides is 1. The Bertz CT molecular complexity index is 581. The summed E-state index contributed by atoms with van der Waals surface area (Å²) in [5.41, 5.74) is -0.365. The van der Waals surface area contributed by atoms with Gasteiger partial charge >= 0.3 is 12.1 Å². The first kappa shape index (κ1) is 14.2. The lowest BCUT2D eigenvalue weighted by atomic mass is 10.3. The normalized spacial score (nSPS) is 15.6. The molecule has 2 heterocycles. The number of halogens is 3. The van der Waals surface area contributed by atoms with Gasteiger partial charge in [-0.1, -0.05) is 0 Å². The average molecular weight is 292 g/mol. The fourth-order valence-corrected chi connectivity index (χ4v) is 2.05. The monoisotopic (exact) mass is 292 g/mol. The van der Waals surface area contributed by atoms with E-state index in [1.54, 1.807) is 0 Å². The van der Waals surface area contributed by atoms with E-state index in [4.69, 9.17) is 5.11 Å². The molecule has 0 saturated heterocycles. The highest BCUT2D eigenvalue weighted by Crippen LogP contribution is 2.35. The predicted octanol–water partition coefficient (Wildman–Crippen LogP) is 0.466. The number of anilines is 1. The molecule has 7 nitrogen and oxygen atoms in total. The van der Waals surface area contributed by atoms with E-state index in [0.717, 1.165) is 0 Å². The molecule has 110 valence electrons. The van der Waals surface area contributed by atoms with Gasteiger partial charge in [0.15, 0.2) is 11.5 Å². The van der Waals surface area contributed by atoms with Crippen molar-refractivity contribution in [2.75, 3.05) is 25.7 Å². The molecule has 1 amide bonds. The van der Waals surface area contributed by atoms with Crippen LogP contribution in [0.3, 0.4) is 0 Å². The zero-order valence-electron chi connectivity index (χ0n) is 10.6. The van der Waals surface area contributed by atoms with Crippen LogP contribution < -0.4 is 4.90 Å². The predicted molar refractivity (Wildman–Crippen MR) is 60.2 cm³/mol. The Labute approximate surface area is 111 Å². The number of hydrogen-bond donors (Lipinski definition) is 1. The molecule has 0 aromatic carbocycles. The zero-order chi connectivity index (χ0) is 15.2. The Kier molecular flexibility index (Phi) is 3.11. The number of aliphatic carboxylic acids is 1. The molecule has 0 aliphatic carbocycles. The van der Waals surface area contributed by atoms with Crippen LogP contribution >= 0.6 is 0 Å². The van der Waals surface area contributed by atoms with Crippen molar-refractivity contribution < 1.29 is 27.9 Å². The molecule has 0 atom stereocenters. The van der Waals surface area contributed by atoms with E-state index in [9.17, 15) is 22.8 Å². The van der Waals surface area contributed by atoms with Gasteiger partial charge in [0, 0.05) is 14.1 Å². The molecule has 0 fully saturated rings. The number of rotatable bonds is 2. The summed E-state index contributed by atoms with van der Waals surface area (Å²) in [4.78, 5) is 28.7. The fourth-order valence-electron chi connectivity index (χ4n) is 2.05. The number of carboxylic acids is 1. The first-order valence-electron chi connectivity index (χ1n) is 5.49. The molecule has 20 heavy (non-hydrogen) atoms. The quantitative estimate of drug-likeness (QED) is 0.857. The van der Waals surface area contributed by atoms with Gasteiger partial charge in [-0.05, 0) is 0 Å². The summed E-state index contributed by atoms with van der Waals surface area (Å²) < 4.78 is 39.1. The molecule has 0 bridgehead atoms. The van der Waals surface area contributed by atoms with Crippen molar-refractivity contribution in [3.63, 3.8) is 0 Å². The van der Waals surface area contributed by atoms with Crippen LogP contribution in [0.25, 0.3) is 0 Å². The van der Waals surface area contributed by atoms with Crippen LogP contribution in [0.2, 0.25) is 0 Å². The summed E-state index contributed by atoms with van der Waals surface area (Å²) in [5, 5.41) is 8.74. The number of fused-ring (bicyclic) bond motifs is 1. The average Bonchev–Trinajstić information content (AvgIpc) is 2.65. The van der Waals surface area contributed by atoms with Crippen LogP contribution in [-0.2, 0) is 17.5 Å². The summed E-state index contributed by atoms with van der Waals surface area (Å²) in [6.07, 6.45) is -4.84. The van der Waals surface area contributed by atoms with E-state index in [1.165, 1.54) is 23.9 Å². The van der Waals surface area contributed by atoms with Crippen LogP contribution in [0.15, 0.2) is 0 Å². The maximum Gasteiger partial charge on any atom is 0.449 e. The first-order chi connectivity index (χ1) is 9.12. The van der Waals surface area contributed by atoms with Gasteiger partial charge in [-0.25, -0.2) is 4.98 Å². The fraction of sp³-hybridized carbons (Fsp3) is 0.500. The Balaban J connectivity index is 2.68. The molecule has 0 unspecified atom stereocenters. The molecule has 2 rings (SSSR count). The van der Waals surface area contributed by atoms with E-state index < -0.39 is 30.4 Å². The van der Waals surface area contributed by atoms with Crippen LogP contribution in [0.4, 0.5) is 19.0 Å². The van der Waals surface area contributed by atoms with E-state index in [-0.39, 0.29) is 18.2 Å². The lowest BCUT2D eigenvalue weighted by Crippen LogP contribution is -2.43. The molecule has 0 spiro atoms. The van der Waals surface area contributed by atoms with Gasteiger partial charge in [0.1, 0.15) is 6.54 Å². The van der Waals surface area contributed by atoms with E-state index >= 15 is 0 Å². The second-order valence-corrected chi connectivity index (χ2v) is 4.43. The molecule has 1 aromatic heterocycles. The summed E-state index contributed by atoms with van der Waals surface area (Å²) >= 11 is 0. The third-order valence-electron chi connectivity index (χ3n) is 2.83. The third-order valence-corrected chi connectivity index (χ3v) is 2.83. The van der Waals surface area contributed by atoms with Crippen molar-refractivity contribution in [1.29, 1.82) is 0 Å². The lowest BCUT2D eigenvalue weighted by Gasteiger charge is -2.30. The van der Waals surface area contributed by atoms with Crippen molar-refractivity contribution in [3.05, 3.63) is 11.5 Å². The molecule has 10 heteroatoms. The standard InChI is InChI=1S/C10H11F3N4O3/c1-15-4-16(2)8(20)6-7(15)14-9(10(11,12)13)17(6)3-5(18)19/h3-4H2,1-2H3,(H,18,19). The molecule has 1 aliphatic heterocycles. The number of carboxylic acid groups (broad SMARTS) is 1.